The van der Waals surface area contributed by atoms with E-state index in [4.69, 9.17) is 10.3 Å². The minimum absolute atomic E-state index is 0.443. The zero-order chi connectivity index (χ0) is 11.8. The smallest absolute Gasteiger partial charge is 0.277 e. The summed E-state index contributed by atoms with van der Waals surface area (Å²) in [5, 5.41) is 6.42. The van der Waals surface area contributed by atoms with Gasteiger partial charge in [0.2, 0.25) is 0 Å². The monoisotopic (exact) mass is 250 g/mol. The molecule has 0 aromatic carbocycles. The Morgan fingerprint density at radius 2 is 2.29 bits per heavy atom. The Morgan fingerprint density at radius 3 is 2.94 bits per heavy atom. The van der Waals surface area contributed by atoms with Crippen LogP contribution in [0.1, 0.15) is 37.9 Å². The standard InChI is InChI=1S/C11H14N4OS/c1-6-2-3-7(4-6)9-14-10(16-15-9)8-5-17-11(12)13-8/h5-7H,2-4H2,1H3,(H2,12,13). The Kier molecular flexibility index (Phi) is 2.58. The molecule has 0 saturated heterocycles. The van der Waals surface area contributed by atoms with Gasteiger partial charge in [-0.1, -0.05) is 12.1 Å². The van der Waals surface area contributed by atoms with Crippen molar-refractivity contribution in [3.63, 3.8) is 0 Å². The third-order valence-electron chi connectivity index (χ3n) is 3.24. The number of aromatic nitrogens is 3. The second kappa shape index (κ2) is 4.10. The Hall–Kier alpha value is -1.43. The zero-order valence-corrected chi connectivity index (χ0v) is 10.4. The van der Waals surface area contributed by atoms with Crippen LogP contribution in [0, 0.1) is 5.92 Å². The molecule has 2 atom stereocenters. The van der Waals surface area contributed by atoms with Gasteiger partial charge in [0.1, 0.15) is 5.69 Å². The number of nitrogens with zero attached hydrogens (tertiary/aromatic N) is 3. The first-order valence-electron chi connectivity index (χ1n) is 5.77. The van der Waals surface area contributed by atoms with Gasteiger partial charge >= 0.3 is 0 Å². The lowest BCUT2D eigenvalue weighted by Gasteiger charge is -2.01. The quantitative estimate of drug-likeness (QED) is 0.886. The van der Waals surface area contributed by atoms with Gasteiger partial charge < -0.3 is 10.3 Å². The van der Waals surface area contributed by atoms with Crippen molar-refractivity contribution in [2.45, 2.75) is 32.1 Å². The molecule has 1 aliphatic rings. The van der Waals surface area contributed by atoms with Crippen LogP contribution in [0.3, 0.4) is 0 Å². The molecule has 2 heterocycles. The fourth-order valence-electron chi connectivity index (χ4n) is 2.33. The maximum atomic E-state index is 5.58. The molecule has 0 radical (unpaired) electrons. The van der Waals surface area contributed by atoms with Crippen molar-refractivity contribution in [3.8, 4) is 11.6 Å². The Morgan fingerprint density at radius 1 is 1.41 bits per heavy atom. The highest BCUT2D eigenvalue weighted by Crippen LogP contribution is 2.37. The van der Waals surface area contributed by atoms with E-state index in [0.717, 1.165) is 24.6 Å². The van der Waals surface area contributed by atoms with Gasteiger partial charge in [-0.05, 0) is 25.2 Å². The molecule has 1 saturated carbocycles. The van der Waals surface area contributed by atoms with Gasteiger partial charge in [-0.25, -0.2) is 4.98 Å². The third-order valence-corrected chi connectivity index (χ3v) is 3.92. The van der Waals surface area contributed by atoms with Gasteiger partial charge in [0.05, 0.1) is 0 Å². The Labute approximate surface area is 103 Å². The molecule has 2 N–H and O–H groups in total. The number of anilines is 1. The molecule has 0 aliphatic heterocycles. The number of nitrogens with two attached hydrogens (primary N) is 1. The van der Waals surface area contributed by atoms with E-state index in [1.807, 2.05) is 5.38 Å². The first kappa shape index (κ1) is 10.7. The highest BCUT2D eigenvalue weighted by molar-refractivity contribution is 7.13. The summed E-state index contributed by atoms with van der Waals surface area (Å²) in [5.41, 5.74) is 6.26. The molecule has 2 aromatic heterocycles. The summed E-state index contributed by atoms with van der Waals surface area (Å²) in [6.45, 7) is 2.27. The summed E-state index contributed by atoms with van der Waals surface area (Å²) in [4.78, 5) is 8.56. The molecule has 2 aromatic rings. The number of rotatable bonds is 2. The second-order valence-electron chi connectivity index (χ2n) is 4.64. The maximum Gasteiger partial charge on any atom is 0.277 e. The van der Waals surface area contributed by atoms with Gasteiger partial charge in [-0.3, -0.25) is 0 Å². The van der Waals surface area contributed by atoms with Crippen LogP contribution < -0.4 is 5.73 Å². The summed E-state index contributed by atoms with van der Waals surface area (Å²) in [7, 11) is 0. The van der Waals surface area contributed by atoms with Crippen molar-refractivity contribution in [1.82, 2.24) is 15.1 Å². The van der Waals surface area contributed by atoms with E-state index in [0.29, 0.717) is 22.6 Å². The molecule has 3 rings (SSSR count). The number of thiazole rings is 1. The average Bonchev–Trinajstić information content (AvgIpc) is 2.96. The highest BCUT2D eigenvalue weighted by Gasteiger charge is 2.27. The van der Waals surface area contributed by atoms with E-state index < -0.39 is 0 Å². The van der Waals surface area contributed by atoms with E-state index in [1.165, 1.54) is 17.8 Å². The van der Waals surface area contributed by atoms with E-state index in [1.54, 1.807) is 0 Å². The van der Waals surface area contributed by atoms with Crippen molar-refractivity contribution in [2.75, 3.05) is 5.73 Å². The lowest BCUT2D eigenvalue weighted by molar-refractivity contribution is 0.414. The van der Waals surface area contributed by atoms with Crippen molar-refractivity contribution < 1.29 is 4.52 Å². The minimum Gasteiger partial charge on any atom is -0.375 e. The molecule has 0 spiro atoms. The lowest BCUT2D eigenvalue weighted by Crippen LogP contribution is -1.96. The molecule has 17 heavy (non-hydrogen) atoms. The molecule has 1 fully saturated rings. The summed E-state index contributed by atoms with van der Waals surface area (Å²) in [6, 6.07) is 0. The largest absolute Gasteiger partial charge is 0.375 e. The fraction of sp³-hybridized carbons (Fsp3) is 0.545. The van der Waals surface area contributed by atoms with Gasteiger partial charge in [0.25, 0.3) is 5.89 Å². The normalized spacial score (nSPS) is 24.3. The van der Waals surface area contributed by atoms with E-state index in [9.17, 15) is 0 Å². The van der Waals surface area contributed by atoms with Gasteiger partial charge in [-0.2, -0.15) is 4.98 Å². The number of hydrogen-bond donors (Lipinski definition) is 1. The van der Waals surface area contributed by atoms with Crippen LogP contribution in [0.4, 0.5) is 5.13 Å². The first-order chi connectivity index (χ1) is 8.22. The zero-order valence-electron chi connectivity index (χ0n) is 9.59. The Balaban J connectivity index is 1.83. The van der Waals surface area contributed by atoms with Crippen LogP contribution in [0.5, 0.6) is 0 Å². The van der Waals surface area contributed by atoms with Crippen LogP contribution in [0.2, 0.25) is 0 Å². The summed E-state index contributed by atoms with van der Waals surface area (Å²) < 4.78 is 5.24. The van der Waals surface area contributed by atoms with E-state index in [2.05, 4.69) is 22.0 Å². The van der Waals surface area contributed by atoms with Crippen molar-refractivity contribution in [3.05, 3.63) is 11.2 Å². The van der Waals surface area contributed by atoms with Crippen molar-refractivity contribution in [2.24, 2.45) is 5.92 Å². The number of nitrogen functional groups attached to an aromatic ring is 1. The van der Waals surface area contributed by atoms with Crippen LogP contribution in [-0.2, 0) is 0 Å². The summed E-state index contributed by atoms with van der Waals surface area (Å²) >= 11 is 1.38. The second-order valence-corrected chi connectivity index (χ2v) is 5.53. The molecule has 1 aliphatic carbocycles. The molecule has 5 nitrogen and oxygen atoms in total. The number of hydrogen-bond acceptors (Lipinski definition) is 6. The third kappa shape index (κ3) is 2.04. The summed E-state index contributed by atoms with van der Waals surface area (Å²) in [6.07, 6.45) is 3.55. The molecular weight excluding hydrogens is 236 g/mol. The molecule has 2 unspecified atom stereocenters. The van der Waals surface area contributed by atoms with Gasteiger partial charge in [0.15, 0.2) is 11.0 Å². The van der Waals surface area contributed by atoms with Crippen molar-refractivity contribution >= 4 is 16.5 Å². The van der Waals surface area contributed by atoms with E-state index in [-0.39, 0.29) is 0 Å². The predicted molar refractivity (Wildman–Crippen MR) is 65.6 cm³/mol. The van der Waals surface area contributed by atoms with Crippen LogP contribution in [0.15, 0.2) is 9.90 Å². The van der Waals surface area contributed by atoms with Crippen LogP contribution in [-0.4, -0.2) is 15.1 Å². The SMILES string of the molecule is CC1CCC(c2noc(-c3csc(N)n3)n2)C1. The highest BCUT2D eigenvalue weighted by atomic mass is 32.1. The van der Waals surface area contributed by atoms with Gasteiger partial charge in [-0.15, -0.1) is 11.3 Å². The topological polar surface area (TPSA) is 77.8 Å². The van der Waals surface area contributed by atoms with Crippen LogP contribution >= 0.6 is 11.3 Å². The van der Waals surface area contributed by atoms with Gasteiger partial charge in [0, 0.05) is 11.3 Å². The molecule has 0 bridgehead atoms. The van der Waals surface area contributed by atoms with Crippen molar-refractivity contribution in [1.29, 1.82) is 0 Å². The average molecular weight is 250 g/mol. The minimum atomic E-state index is 0.443. The molecule has 6 heteroatoms. The molecule has 90 valence electrons. The molecular formula is C11H14N4OS. The maximum absolute atomic E-state index is 5.58. The predicted octanol–water partition coefficient (Wildman–Crippen LogP) is 2.68. The first-order valence-corrected chi connectivity index (χ1v) is 6.65. The fourth-order valence-corrected chi connectivity index (χ4v) is 2.87. The summed E-state index contributed by atoms with van der Waals surface area (Å²) in [5.74, 6) is 2.50. The van der Waals surface area contributed by atoms with E-state index >= 15 is 0 Å². The van der Waals surface area contributed by atoms with Crippen LogP contribution in [0.25, 0.3) is 11.6 Å². The molecule has 0 amide bonds. The lowest BCUT2D eigenvalue weighted by atomic mass is 10.1. The Bertz CT molecular complexity index is 521.